The van der Waals surface area contributed by atoms with Gasteiger partial charge in [0.2, 0.25) is 0 Å². The van der Waals surface area contributed by atoms with Crippen molar-refractivity contribution in [2.45, 2.75) is 18.3 Å². The summed E-state index contributed by atoms with van der Waals surface area (Å²) in [5, 5.41) is 12.3. The molecule has 1 amide bonds. The SMILES string of the molecule is C[C@H](CO)NC(=O)c1ccc(CBr)cc1. The van der Waals surface area contributed by atoms with Crippen LogP contribution in [0.5, 0.6) is 0 Å². The molecule has 0 heterocycles. The maximum atomic E-state index is 11.6. The molecule has 0 radical (unpaired) electrons. The van der Waals surface area contributed by atoms with E-state index in [0.29, 0.717) is 5.56 Å². The molecule has 0 aliphatic rings. The first kappa shape index (κ1) is 12.2. The minimum Gasteiger partial charge on any atom is -0.394 e. The highest BCUT2D eigenvalue weighted by Gasteiger charge is 2.08. The Hall–Kier alpha value is -0.870. The van der Waals surface area contributed by atoms with Gasteiger partial charge in [0.05, 0.1) is 6.61 Å². The average Bonchev–Trinajstić information content (AvgIpc) is 2.29. The predicted octanol–water partition coefficient (Wildman–Crippen LogP) is 1.69. The van der Waals surface area contributed by atoms with Gasteiger partial charge in [-0.1, -0.05) is 28.1 Å². The number of carbonyl (C=O) groups excluding carboxylic acids is 1. The number of aliphatic hydroxyl groups is 1. The molecule has 15 heavy (non-hydrogen) atoms. The summed E-state index contributed by atoms with van der Waals surface area (Å²) in [5.74, 6) is -0.155. The summed E-state index contributed by atoms with van der Waals surface area (Å²) in [4.78, 5) is 11.6. The average molecular weight is 272 g/mol. The van der Waals surface area contributed by atoms with E-state index in [1.807, 2.05) is 12.1 Å². The standard InChI is InChI=1S/C11H14BrNO2/c1-8(7-14)13-11(15)10-4-2-9(6-12)3-5-10/h2-5,8,14H,6-7H2,1H3,(H,13,15)/t8-/m1/s1. The lowest BCUT2D eigenvalue weighted by Crippen LogP contribution is -2.34. The fourth-order valence-corrected chi connectivity index (χ4v) is 1.47. The van der Waals surface area contributed by atoms with Crippen LogP contribution in [0.2, 0.25) is 0 Å². The van der Waals surface area contributed by atoms with Crippen LogP contribution in [0.1, 0.15) is 22.8 Å². The molecular formula is C11H14BrNO2. The lowest BCUT2D eigenvalue weighted by molar-refractivity contribution is 0.0922. The van der Waals surface area contributed by atoms with Crippen molar-refractivity contribution in [2.24, 2.45) is 0 Å². The monoisotopic (exact) mass is 271 g/mol. The first-order chi connectivity index (χ1) is 7.17. The Bertz CT molecular complexity index is 324. The van der Waals surface area contributed by atoms with Gasteiger partial charge in [0, 0.05) is 16.9 Å². The van der Waals surface area contributed by atoms with Crippen LogP contribution in [0.4, 0.5) is 0 Å². The second-order valence-corrected chi connectivity index (χ2v) is 3.95. The van der Waals surface area contributed by atoms with E-state index in [2.05, 4.69) is 21.2 Å². The Morgan fingerprint density at radius 2 is 2.07 bits per heavy atom. The molecule has 0 saturated heterocycles. The number of carbonyl (C=O) groups is 1. The molecule has 3 nitrogen and oxygen atoms in total. The molecule has 82 valence electrons. The summed E-state index contributed by atoms with van der Waals surface area (Å²) >= 11 is 3.34. The molecule has 0 fully saturated rings. The summed E-state index contributed by atoms with van der Waals surface area (Å²) in [7, 11) is 0. The van der Waals surface area contributed by atoms with Gasteiger partial charge in [-0.25, -0.2) is 0 Å². The predicted molar refractivity (Wildman–Crippen MR) is 63.1 cm³/mol. The Balaban J connectivity index is 2.66. The molecule has 1 aromatic rings. The van der Waals surface area contributed by atoms with Crippen molar-refractivity contribution < 1.29 is 9.90 Å². The molecule has 0 saturated carbocycles. The molecular weight excluding hydrogens is 258 g/mol. The summed E-state index contributed by atoms with van der Waals surface area (Å²) in [5.41, 5.74) is 1.74. The van der Waals surface area contributed by atoms with Gasteiger partial charge in [-0.15, -0.1) is 0 Å². The number of rotatable bonds is 4. The molecule has 1 atom stereocenters. The molecule has 0 spiro atoms. The maximum absolute atomic E-state index is 11.6. The third-order valence-corrected chi connectivity index (χ3v) is 2.67. The Morgan fingerprint density at radius 3 is 2.53 bits per heavy atom. The van der Waals surface area contributed by atoms with Crippen LogP contribution in [0.15, 0.2) is 24.3 Å². The molecule has 1 aromatic carbocycles. The Kier molecular flexibility index (Phi) is 4.78. The Labute approximate surface area is 97.6 Å². The molecule has 1 rings (SSSR count). The van der Waals surface area contributed by atoms with E-state index < -0.39 is 0 Å². The number of alkyl halides is 1. The number of aliphatic hydroxyl groups excluding tert-OH is 1. The highest BCUT2D eigenvalue weighted by Crippen LogP contribution is 2.07. The zero-order chi connectivity index (χ0) is 11.3. The number of hydrogen-bond donors (Lipinski definition) is 2. The summed E-state index contributed by atoms with van der Waals surface area (Å²) in [6, 6.07) is 7.13. The summed E-state index contributed by atoms with van der Waals surface area (Å²) < 4.78 is 0. The van der Waals surface area contributed by atoms with E-state index in [1.165, 1.54) is 0 Å². The third-order valence-electron chi connectivity index (χ3n) is 2.02. The first-order valence-electron chi connectivity index (χ1n) is 4.74. The van der Waals surface area contributed by atoms with Crippen molar-refractivity contribution >= 4 is 21.8 Å². The van der Waals surface area contributed by atoms with Crippen molar-refractivity contribution in [3.05, 3.63) is 35.4 Å². The quantitative estimate of drug-likeness (QED) is 0.819. The number of amides is 1. The number of nitrogens with one attached hydrogen (secondary N) is 1. The first-order valence-corrected chi connectivity index (χ1v) is 5.86. The van der Waals surface area contributed by atoms with E-state index in [0.717, 1.165) is 10.9 Å². The molecule has 2 N–H and O–H groups in total. The Morgan fingerprint density at radius 1 is 1.47 bits per heavy atom. The van der Waals surface area contributed by atoms with Crippen molar-refractivity contribution in [1.29, 1.82) is 0 Å². The second-order valence-electron chi connectivity index (χ2n) is 3.39. The fourth-order valence-electron chi connectivity index (χ4n) is 1.10. The van der Waals surface area contributed by atoms with Crippen LogP contribution >= 0.6 is 15.9 Å². The molecule has 0 bridgehead atoms. The normalized spacial score (nSPS) is 12.2. The van der Waals surface area contributed by atoms with Crippen molar-refractivity contribution in [2.75, 3.05) is 6.61 Å². The van der Waals surface area contributed by atoms with Crippen molar-refractivity contribution in [3.63, 3.8) is 0 Å². The van der Waals surface area contributed by atoms with Gasteiger partial charge in [0.15, 0.2) is 0 Å². The minimum atomic E-state index is -0.214. The third kappa shape index (κ3) is 3.64. The van der Waals surface area contributed by atoms with Crippen LogP contribution in [-0.2, 0) is 5.33 Å². The number of benzene rings is 1. The van der Waals surface area contributed by atoms with Gasteiger partial charge in [-0.05, 0) is 24.6 Å². The van der Waals surface area contributed by atoms with Crippen LogP contribution in [-0.4, -0.2) is 23.7 Å². The van der Waals surface area contributed by atoms with E-state index in [9.17, 15) is 4.79 Å². The van der Waals surface area contributed by atoms with Gasteiger partial charge in [-0.2, -0.15) is 0 Å². The minimum absolute atomic E-state index is 0.0504. The molecule has 4 heteroatoms. The van der Waals surface area contributed by atoms with Crippen LogP contribution < -0.4 is 5.32 Å². The van der Waals surface area contributed by atoms with Crippen LogP contribution in [0.25, 0.3) is 0 Å². The molecule has 0 unspecified atom stereocenters. The smallest absolute Gasteiger partial charge is 0.251 e. The zero-order valence-corrected chi connectivity index (χ0v) is 10.1. The van der Waals surface area contributed by atoms with E-state index in [1.54, 1.807) is 19.1 Å². The van der Waals surface area contributed by atoms with E-state index in [4.69, 9.17) is 5.11 Å². The number of hydrogen-bond acceptors (Lipinski definition) is 2. The lowest BCUT2D eigenvalue weighted by atomic mass is 10.1. The van der Waals surface area contributed by atoms with Gasteiger partial charge < -0.3 is 10.4 Å². The van der Waals surface area contributed by atoms with Gasteiger partial charge in [0.1, 0.15) is 0 Å². The highest BCUT2D eigenvalue weighted by atomic mass is 79.9. The van der Waals surface area contributed by atoms with E-state index >= 15 is 0 Å². The summed E-state index contributed by atoms with van der Waals surface area (Å²) in [6.07, 6.45) is 0. The van der Waals surface area contributed by atoms with Crippen molar-refractivity contribution in [3.8, 4) is 0 Å². The van der Waals surface area contributed by atoms with Gasteiger partial charge >= 0.3 is 0 Å². The van der Waals surface area contributed by atoms with Crippen LogP contribution in [0, 0.1) is 0 Å². The number of halogens is 1. The topological polar surface area (TPSA) is 49.3 Å². The highest BCUT2D eigenvalue weighted by molar-refractivity contribution is 9.08. The molecule has 0 aliphatic carbocycles. The zero-order valence-electron chi connectivity index (χ0n) is 8.53. The second kappa shape index (κ2) is 5.88. The molecule has 0 aliphatic heterocycles. The van der Waals surface area contributed by atoms with Gasteiger partial charge in [0.25, 0.3) is 5.91 Å². The maximum Gasteiger partial charge on any atom is 0.251 e. The lowest BCUT2D eigenvalue weighted by Gasteiger charge is -2.10. The van der Waals surface area contributed by atoms with Crippen molar-refractivity contribution in [1.82, 2.24) is 5.32 Å². The molecule has 0 aromatic heterocycles. The summed E-state index contributed by atoms with van der Waals surface area (Å²) in [6.45, 7) is 1.70. The largest absolute Gasteiger partial charge is 0.394 e. The van der Waals surface area contributed by atoms with Gasteiger partial charge in [-0.3, -0.25) is 4.79 Å². The van der Waals surface area contributed by atoms with Crippen LogP contribution in [0.3, 0.4) is 0 Å². The van der Waals surface area contributed by atoms with E-state index in [-0.39, 0.29) is 18.6 Å². The fraction of sp³-hybridized carbons (Fsp3) is 0.364.